The zero-order chi connectivity index (χ0) is 10.2. The highest BCUT2D eigenvalue weighted by Crippen LogP contribution is 2.23. The van der Waals surface area contributed by atoms with Crippen LogP contribution in [0.5, 0.6) is 0 Å². The first-order chi connectivity index (χ1) is 5.89. The molecule has 0 aliphatic carbocycles. The normalized spacial score (nSPS) is 46.0. The minimum atomic E-state index is -2.85. The Morgan fingerprint density at radius 1 is 1.38 bits per heavy atom. The predicted molar refractivity (Wildman–Crippen MR) is 36.6 cm³/mol. The highest BCUT2D eigenvalue weighted by atomic mass is 16.7. The molecular formula is C6H10O7. The number of hydrogen-bond acceptors (Lipinski definition) is 6. The zero-order valence-electron chi connectivity index (χ0n) is 6.49. The van der Waals surface area contributed by atoms with Gasteiger partial charge in [-0.05, 0) is 0 Å². The van der Waals surface area contributed by atoms with Gasteiger partial charge in [0, 0.05) is 0 Å². The smallest absolute Gasteiger partial charge is 0.367 e. The number of rotatable bonds is 1. The number of hydrogen-bond donors (Lipinski definition) is 5. The Morgan fingerprint density at radius 3 is 2.38 bits per heavy atom. The van der Waals surface area contributed by atoms with Gasteiger partial charge in [-0.3, -0.25) is 0 Å². The maximum atomic E-state index is 10.4. The van der Waals surface area contributed by atoms with Crippen molar-refractivity contribution < 1.29 is 35.1 Å². The van der Waals surface area contributed by atoms with Crippen molar-refractivity contribution in [2.24, 2.45) is 0 Å². The van der Waals surface area contributed by atoms with E-state index in [-0.39, 0.29) is 0 Å². The van der Waals surface area contributed by atoms with Crippen LogP contribution in [-0.2, 0) is 9.53 Å². The van der Waals surface area contributed by atoms with Gasteiger partial charge in [-0.25, -0.2) is 4.79 Å². The van der Waals surface area contributed by atoms with Crippen molar-refractivity contribution in [3.63, 3.8) is 0 Å². The van der Waals surface area contributed by atoms with Crippen LogP contribution in [0.15, 0.2) is 0 Å². The fourth-order valence-electron chi connectivity index (χ4n) is 1.03. The summed E-state index contributed by atoms with van der Waals surface area (Å²) in [5.74, 6) is -4.66. The molecule has 13 heavy (non-hydrogen) atoms. The fourth-order valence-corrected chi connectivity index (χ4v) is 1.03. The van der Waals surface area contributed by atoms with E-state index in [4.69, 9.17) is 25.5 Å². The molecule has 0 radical (unpaired) electrons. The molecule has 0 aromatic carbocycles. The zero-order valence-corrected chi connectivity index (χ0v) is 6.49. The highest BCUT2D eigenvalue weighted by molar-refractivity contribution is 5.76. The molecule has 4 atom stereocenters. The van der Waals surface area contributed by atoms with Gasteiger partial charge in [0.1, 0.15) is 18.3 Å². The van der Waals surface area contributed by atoms with Gasteiger partial charge < -0.3 is 30.3 Å². The van der Waals surface area contributed by atoms with Crippen LogP contribution in [0, 0.1) is 0 Å². The Labute approximate surface area is 72.8 Å². The third-order valence-corrected chi connectivity index (χ3v) is 1.90. The van der Waals surface area contributed by atoms with Gasteiger partial charge in [-0.2, -0.15) is 0 Å². The molecule has 76 valence electrons. The van der Waals surface area contributed by atoms with Gasteiger partial charge in [-0.15, -0.1) is 0 Å². The summed E-state index contributed by atoms with van der Waals surface area (Å²) in [5.41, 5.74) is 0. The molecule has 7 nitrogen and oxygen atoms in total. The maximum Gasteiger partial charge on any atom is 0.367 e. The van der Waals surface area contributed by atoms with Crippen molar-refractivity contribution in [2.45, 2.75) is 24.1 Å². The molecule has 1 saturated heterocycles. The predicted octanol–water partition coefficient (Wildman–Crippen LogP) is -3.13. The first-order valence-electron chi connectivity index (χ1n) is 3.53. The number of carboxylic acids is 1. The number of aliphatic hydroxyl groups excluding tert-OH is 3. The van der Waals surface area contributed by atoms with E-state index in [2.05, 4.69) is 4.74 Å². The number of aliphatic hydroxyl groups is 4. The standard InChI is InChI=1S/C6H10O7/c7-2-1-13-6(12,5(10)11)4(9)3(2)8/h2-4,7-9,12H,1H2,(H,10,11)/t2-,3+,4-,6?/m0/s1. The lowest BCUT2D eigenvalue weighted by atomic mass is 9.97. The summed E-state index contributed by atoms with van der Waals surface area (Å²) < 4.78 is 4.32. The second kappa shape index (κ2) is 3.20. The lowest BCUT2D eigenvalue weighted by Crippen LogP contribution is -2.64. The minimum Gasteiger partial charge on any atom is -0.477 e. The Hall–Kier alpha value is -0.730. The molecule has 0 amide bonds. The van der Waals surface area contributed by atoms with Gasteiger partial charge in [0.15, 0.2) is 0 Å². The summed E-state index contributed by atoms with van der Waals surface area (Å²) in [6.45, 7) is -0.555. The van der Waals surface area contributed by atoms with Crippen LogP contribution in [0.3, 0.4) is 0 Å². The molecule has 1 aliphatic rings. The summed E-state index contributed by atoms with van der Waals surface area (Å²) in [4.78, 5) is 10.4. The van der Waals surface area contributed by atoms with Gasteiger partial charge in [0.05, 0.1) is 6.61 Å². The fraction of sp³-hybridized carbons (Fsp3) is 0.833. The molecule has 0 aromatic heterocycles. The molecule has 1 unspecified atom stereocenters. The Bertz CT molecular complexity index is 217. The van der Waals surface area contributed by atoms with Crippen LogP contribution in [0.4, 0.5) is 0 Å². The van der Waals surface area contributed by atoms with E-state index in [1.807, 2.05) is 0 Å². The van der Waals surface area contributed by atoms with Crippen molar-refractivity contribution in [1.29, 1.82) is 0 Å². The Morgan fingerprint density at radius 2 is 1.92 bits per heavy atom. The average molecular weight is 194 g/mol. The van der Waals surface area contributed by atoms with Crippen LogP contribution < -0.4 is 0 Å². The Balaban J connectivity index is 2.85. The van der Waals surface area contributed by atoms with Crippen molar-refractivity contribution in [2.75, 3.05) is 6.61 Å². The van der Waals surface area contributed by atoms with E-state index < -0.39 is 36.7 Å². The number of ether oxygens (including phenoxy) is 1. The van der Waals surface area contributed by atoms with Crippen molar-refractivity contribution in [1.82, 2.24) is 0 Å². The summed E-state index contributed by atoms with van der Waals surface area (Å²) in [6.07, 6.45) is -5.22. The monoisotopic (exact) mass is 194 g/mol. The molecule has 0 bridgehead atoms. The van der Waals surface area contributed by atoms with E-state index in [0.29, 0.717) is 0 Å². The molecule has 5 N–H and O–H groups in total. The van der Waals surface area contributed by atoms with Crippen molar-refractivity contribution >= 4 is 5.97 Å². The summed E-state index contributed by atoms with van der Waals surface area (Å²) in [5, 5.41) is 44.6. The first kappa shape index (κ1) is 10.4. The topological polar surface area (TPSA) is 127 Å². The van der Waals surface area contributed by atoms with Crippen molar-refractivity contribution in [3.05, 3.63) is 0 Å². The molecule has 1 fully saturated rings. The first-order valence-corrected chi connectivity index (χ1v) is 3.53. The van der Waals surface area contributed by atoms with E-state index in [1.165, 1.54) is 0 Å². The molecule has 1 rings (SSSR count). The Kier molecular flexibility index (Phi) is 2.55. The molecule has 0 saturated carbocycles. The number of carbonyl (C=O) groups is 1. The average Bonchev–Trinajstić information content (AvgIpc) is 2.08. The lowest BCUT2D eigenvalue weighted by molar-refractivity contribution is -0.311. The van der Waals surface area contributed by atoms with Gasteiger partial charge in [0.25, 0.3) is 5.79 Å². The highest BCUT2D eigenvalue weighted by Gasteiger charge is 2.54. The third-order valence-electron chi connectivity index (χ3n) is 1.90. The molecule has 0 spiro atoms. The molecule has 0 aromatic rings. The number of aliphatic carboxylic acids is 1. The van der Waals surface area contributed by atoms with E-state index in [9.17, 15) is 4.79 Å². The molecular weight excluding hydrogens is 184 g/mol. The van der Waals surface area contributed by atoms with E-state index >= 15 is 0 Å². The van der Waals surface area contributed by atoms with E-state index in [1.54, 1.807) is 0 Å². The molecule has 7 heteroatoms. The van der Waals surface area contributed by atoms with Crippen LogP contribution in [-0.4, -0.2) is 62.2 Å². The van der Waals surface area contributed by atoms with Gasteiger partial charge in [-0.1, -0.05) is 0 Å². The number of carboxylic acid groups (broad SMARTS) is 1. The maximum absolute atomic E-state index is 10.4. The SMILES string of the molecule is O=C(O)C1(O)OC[C@H](O)[C@@H](O)[C@@H]1O. The van der Waals surface area contributed by atoms with Gasteiger partial charge >= 0.3 is 5.97 Å². The second-order valence-corrected chi connectivity index (χ2v) is 2.82. The van der Waals surface area contributed by atoms with Crippen LogP contribution in [0.2, 0.25) is 0 Å². The molecule has 1 aliphatic heterocycles. The van der Waals surface area contributed by atoms with Crippen molar-refractivity contribution in [3.8, 4) is 0 Å². The summed E-state index contributed by atoms with van der Waals surface area (Å²) in [7, 11) is 0. The van der Waals surface area contributed by atoms with Crippen LogP contribution in [0.25, 0.3) is 0 Å². The van der Waals surface area contributed by atoms with Crippen LogP contribution in [0.1, 0.15) is 0 Å². The van der Waals surface area contributed by atoms with E-state index in [0.717, 1.165) is 0 Å². The summed E-state index contributed by atoms with van der Waals surface area (Å²) in [6, 6.07) is 0. The van der Waals surface area contributed by atoms with Crippen LogP contribution >= 0.6 is 0 Å². The second-order valence-electron chi connectivity index (χ2n) is 2.82. The summed E-state index contributed by atoms with van der Waals surface area (Å²) >= 11 is 0. The largest absolute Gasteiger partial charge is 0.477 e. The van der Waals surface area contributed by atoms with Gasteiger partial charge in [0.2, 0.25) is 0 Å². The lowest BCUT2D eigenvalue weighted by Gasteiger charge is -2.38. The molecule has 1 heterocycles. The third kappa shape index (κ3) is 1.52. The minimum absolute atomic E-state index is 0.555. The quantitative estimate of drug-likeness (QED) is 0.298.